The summed E-state index contributed by atoms with van der Waals surface area (Å²) in [5.74, 6) is 0.436. The third kappa shape index (κ3) is 3.12. The Labute approximate surface area is 138 Å². The standard InChI is InChI=1S/C19H26N2O2/c1-14(22)20-10-8-15(9-11-20)18(23)21-12-16-6-4-5-7-17(16)19(2,3)13-21/h4-7,15H,8-13H2,1-3H3. The van der Waals surface area contributed by atoms with Crippen LogP contribution in [0.3, 0.4) is 0 Å². The first kappa shape index (κ1) is 16.0. The Kier molecular flexibility index (Phi) is 4.17. The summed E-state index contributed by atoms with van der Waals surface area (Å²) in [5.41, 5.74) is 2.61. The average molecular weight is 314 g/mol. The summed E-state index contributed by atoms with van der Waals surface area (Å²) in [4.78, 5) is 28.3. The van der Waals surface area contributed by atoms with Gasteiger partial charge < -0.3 is 9.80 Å². The molecule has 3 rings (SSSR count). The zero-order valence-electron chi connectivity index (χ0n) is 14.3. The van der Waals surface area contributed by atoms with E-state index in [0.29, 0.717) is 19.6 Å². The fourth-order valence-electron chi connectivity index (χ4n) is 4.00. The summed E-state index contributed by atoms with van der Waals surface area (Å²) in [6.07, 6.45) is 1.58. The average Bonchev–Trinajstić information content (AvgIpc) is 2.53. The van der Waals surface area contributed by atoms with Crippen LogP contribution in [-0.4, -0.2) is 41.2 Å². The number of benzene rings is 1. The van der Waals surface area contributed by atoms with E-state index in [0.717, 1.165) is 19.4 Å². The van der Waals surface area contributed by atoms with Crippen LogP contribution in [0.1, 0.15) is 44.7 Å². The van der Waals surface area contributed by atoms with Gasteiger partial charge in [0.25, 0.3) is 0 Å². The lowest BCUT2D eigenvalue weighted by atomic mass is 9.78. The molecule has 1 aromatic rings. The minimum atomic E-state index is -0.00934. The van der Waals surface area contributed by atoms with Gasteiger partial charge in [-0.2, -0.15) is 0 Å². The minimum Gasteiger partial charge on any atom is -0.343 e. The zero-order chi connectivity index (χ0) is 16.6. The van der Waals surface area contributed by atoms with E-state index >= 15 is 0 Å². The Balaban J connectivity index is 1.71. The highest BCUT2D eigenvalue weighted by Gasteiger charge is 2.36. The number of fused-ring (bicyclic) bond motifs is 1. The van der Waals surface area contributed by atoms with E-state index in [1.165, 1.54) is 11.1 Å². The van der Waals surface area contributed by atoms with Crippen molar-refractivity contribution in [3.63, 3.8) is 0 Å². The first-order valence-corrected chi connectivity index (χ1v) is 8.51. The first-order chi connectivity index (χ1) is 10.9. The van der Waals surface area contributed by atoms with Gasteiger partial charge in [-0.1, -0.05) is 38.1 Å². The molecule has 1 fully saturated rings. The summed E-state index contributed by atoms with van der Waals surface area (Å²) in [5, 5.41) is 0. The molecule has 2 heterocycles. The van der Waals surface area contributed by atoms with Gasteiger partial charge in [0.2, 0.25) is 11.8 Å². The lowest BCUT2D eigenvalue weighted by molar-refractivity contribution is -0.141. The summed E-state index contributed by atoms with van der Waals surface area (Å²) in [6.45, 7) is 8.93. The predicted molar refractivity (Wildman–Crippen MR) is 89.9 cm³/mol. The number of nitrogens with zero attached hydrogens (tertiary/aromatic N) is 2. The summed E-state index contributed by atoms with van der Waals surface area (Å²) < 4.78 is 0. The van der Waals surface area contributed by atoms with Crippen molar-refractivity contribution in [2.45, 2.75) is 45.6 Å². The fraction of sp³-hybridized carbons (Fsp3) is 0.579. The largest absolute Gasteiger partial charge is 0.343 e. The van der Waals surface area contributed by atoms with Crippen LogP contribution in [0.15, 0.2) is 24.3 Å². The second-order valence-electron chi connectivity index (χ2n) is 7.52. The van der Waals surface area contributed by atoms with Crippen LogP contribution >= 0.6 is 0 Å². The van der Waals surface area contributed by atoms with E-state index in [4.69, 9.17) is 0 Å². The van der Waals surface area contributed by atoms with Crippen LogP contribution in [0.5, 0.6) is 0 Å². The van der Waals surface area contributed by atoms with Crippen molar-refractivity contribution in [1.29, 1.82) is 0 Å². The van der Waals surface area contributed by atoms with Crippen molar-refractivity contribution in [3.05, 3.63) is 35.4 Å². The molecule has 2 aliphatic heterocycles. The minimum absolute atomic E-state index is 0.00934. The molecular weight excluding hydrogens is 288 g/mol. The molecule has 0 unspecified atom stereocenters. The molecule has 0 aromatic heterocycles. The first-order valence-electron chi connectivity index (χ1n) is 8.51. The van der Waals surface area contributed by atoms with Gasteiger partial charge in [0.05, 0.1) is 0 Å². The number of amides is 2. The van der Waals surface area contributed by atoms with E-state index in [-0.39, 0.29) is 23.1 Å². The third-order valence-corrected chi connectivity index (χ3v) is 5.30. The lowest BCUT2D eigenvalue weighted by Gasteiger charge is -2.42. The van der Waals surface area contributed by atoms with Crippen LogP contribution in [0, 0.1) is 5.92 Å². The van der Waals surface area contributed by atoms with E-state index in [2.05, 4.69) is 32.0 Å². The molecule has 0 spiro atoms. The fourth-order valence-corrected chi connectivity index (χ4v) is 4.00. The number of piperidine rings is 1. The van der Waals surface area contributed by atoms with E-state index < -0.39 is 0 Å². The molecule has 124 valence electrons. The zero-order valence-corrected chi connectivity index (χ0v) is 14.3. The molecule has 1 saturated heterocycles. The van der Waals surface area contributed by atoms with Gasteiger partial charge >= 0.3 is 0 Å². The molecule has 4 nitrogen and oxygen atoms in total. The van der Waals surface area contributed by atoms with Crippen LogP contribution in [0.2, 0.25) is 0 Å². The van der Waals surface area contributed by atoms with Crippen LogP contribution < -0.4 is 0 Å². The Morgan fingerprint density at radius 2 is 1.74 bits per heavy atom. The normalized spacial score (nSPS) is 21.0. The van der Waals surface area contributed by atoms with Crippen molar-refractivity contribution in [2.24, 2.45) is 5.92 Å². The molecule has 2 aliphatic rings. The van der Waals surface area contributed by atoms with Crippen LogP contribution in [0.4, 0.5) is 0 Å². The summed E-state index contributed by atoms with van der Waals surface area (Å²) >= 11 is 0. The van der Waals surface area contributed by atoms with E-state index in [1.54, 1.807) is 6.92 Å². The SMILES string of the molecule is CC(=O)N1CCC(C(=O)N2Cc3ccccc3C(C)(C)C2)CC1. The third-order valence-electron chi connectivity index (χ3n) is 5.30. The molecule has 1 aromatic carbocycles. The number of carbonyl (C=O) groups is 2. The van der Waals surface area contributed by atoms with Gasteiger partial charge in [-0.05, 0) is 24.0 Å². The van der Waals surface area contributed by atoms with E-state index in [9.17, 15) is 9.59 Å². The molecule has 4 heteroatoms. The van der Waals surface area contributed by atoms with Crippen LogP contribution in [-0.2, 0) is 21.5 Å². The highest BCUT2D eigenvalue weighted by molar-refractivity contribution is 5.80. The summed E-state index contributed by atoms with van der Waals surface area (Å²) in [6, 6.07) is 8.45. The van der Waals surface area contributed by atoms with Crippen molar-refractivity contribution in [1.82, 2.24) is 9.80 Å². The second kappa shape index (κ2) is 5.99. The van der Waals surface area contributed by atoms with Gasteiger partial charge in [-0.25, -0.2) is 0 Å². The van der Waals surface area contributed by atoms with E-state index in [1.807, 2.05) is 15.9 Å². The van der Waals surface area contributed by atoms with Crippen molar-refractivity contribution in [2.75, 3.05) is 19.6 Å². The number of rotatable bonds is 1. The Morgan fingerprint density at radius 3 is 2.39 bits per heavy atom. The van der Waals surface area contributed by atoms with Crippen molar-refractivity contribution >= 4 is 11.8 Å². The maximum absolute atomic E-state index is 12.9. The van der Waals surface area contributed by atoms with Gasteiger partial charge in [0, 0.05) is 44.4 Å². The molecule has 0 bridgehead atoms. The molecule has 0 saturated carbocycles. The number of hydrogen-bond donors (Lipinski definition) is 0. The van der Waals surface area contributed by atoms with Gasteiger partial charge in [0.1, 0.15) is 0 Å². The monoisotopic (exact) mass is 314 g/mol. The van der Waals surface area contributed by atoms with Crippen molar-refractivity contribution in [3.8, 4) is 0 Å². The predicted octanol–water partition coefficient (Wildman–Crippen LogP) is 2.56. The molecule has 23 heavy (non-hydrogen) atoms. The van der Waals surface area contributed by atoms with Gasteiger partial charge in [0.15, 0.2) is 0 Å². The lowest BCUT2D eigenvalue weighted by Crippen LogP contribution is -2.49. The molecule has 0 radical (unpaired) electrons. The molecule has 2 amide bonds. The maximum atomic E-state index is 12.9. The number of carbonyl (C=O) groups excluding carboxylic acids is 2. The highest BCUT2D eigenvalue weighted by atomic mass is 16.2. The quantitative estimate of drug-likeness (QED) is 0.799. The molecule has 0 aliphatic carbocycles. The Hall–Kier alpha value is -1.84. The number of hydrogen-bond acceptors (Lipinski definition) is 2. The molecular formula is C19H26N2O2. The topological polar surface area (TPSA) is 40.6 Å². The molecule has 0 atom stereocenters. The summed E-state index contributed by atoms with van der Waals surface area (Å²) in [7, 11) is 0. The number of likely N-dealkylation sites (tertiary alicyclic amines) is 1. The van der Waals surface area contributed by atoms with Gasteiger partial charge in [-0.3, -0.25) is 9.59 Å². The smallest absolute Gasteiger partial charge is 0.226 e. The Bertz CT molecular complexity index is 616. The second-order valence-corrected chi connectivity index (χ2v) is 7.52. The maximum Gasteiger partial charge on any atom is 0.226 e. The highest BCUT2D eigenvalue weighted by Crippen LogP contribution is 2.34. The Morgan fingerprint density at radius 1 is 1.09 bits per heavy atom. The van der Waals surface area contributed by atoms with Crippen LogP contribution in [0.25, 0.3) is 0 Å². The molecule has 0 N–H and O–H groups in total. The van der Waals surface area contributed by atoms with Crippen molar-refractivity contribution < 1.29 is 9.59 Å². The van der Waals surface area contributed by atoms with Gasteiger partial charge in [-0.15, -0.1) is 0 Å².